The largest absolute Gasteiger partial charge is 0.495 e. The van der Waals surface area contributed by atoms with E-state index in [-0.39, 0.29) is 5.92 Å². The van der Waals surface area contributed by atoms with Gasteiger partial charge in [-0.3, -0.25) is 0 Å². The second-order valence-electron chi connectivity index (χ2n) is 6.09. The molecule has 0 radical (unpaired) electrons. The number of hydrogen-bond acceptors (Lipinski definition) is 3. The first-order chi connectivity index (χ1) is 12.2. The van der Waals surface area contributed by atoms with Crippen molar-refractivity contribution in [2.75, 3.05) is 12.4 Å². The van der Waals surface area contributed by atoms with Gasteiger partial charge in [0.15, 0.2) is 0 Å². The van der Waals surface area contributed by atoms with Crippen LogP contribution in [0.1, 0.15) is 24.0 Å². The topological polar surface area (TPSA) is 21.3 Å². The lowest BCUT2D eigenvalue weighted by atomic mass is 9.92. The fourth-order valence-electron chi connectivity index (χ4n) is 3.06. The molecule has 2 nitrogen and oxygen atoms in total. The first-order valence-electron chi connectivity index (χ1n) is 8.17. The van der Waals surface area contributed by atoms with E-state index < -0.39 is 0 Å². The summed E-state index contributed by atoms with van der Waals surface area (Å²) in [5.74, 6) is 0.965. The molecule has 126 valence electrons. The third-order valence-electron chi connectivity index (χ3n) is 4.56. The third-order valence-corrected chi connectivity index (χ3v) is 6.02. The maximum Gasteiger partial charge on any atom is 0.137 e. The number of ether oxygens (including phenoxy) is 1. The highest BCUT2D eigenvalue weighted by Crippen LogP contribution is 2.45. The van der Waals surface area contributed by atoms with Crippen molar-refractivity contribution in [2.24, 2.45) is 0 Å². The van der Waals surface area contributed by atoms with Crippen LogP contribution in [0.4, 0.5) is 11.4 Å². The molecular weight excluding hydrogens is 350 g/mol. The quantitative estimate of drug-likeness (QED) is 0.434. The number of anilines is 2. The van der Waals surface area contributed by atoms with Gasteiger partial charge in [-0.25, -0.2) is 0 Å². The zero-order valence-electron chi connectivity index (χ0n) is 14.0. The molecule has 4 heteroatoms. The van der Waals surface area contributed by atoms with Crippen LogP contribution in [0.5, 0.6) is 5.75 Å². The maximum atomic E-state index is 6.15. The number of methoxy groups -OCH3 is 1. The van der Waals surface area contributed by atoms with E-state index in [1.807, 2.05) is 12.1 Å². The van der Waals surface area contributed by atoms with Gasteiger partial charge in [0.2, 0.25) is 0 Å². The van der Waals surface area contributed by atoms with Crippen molar-refractivity contribution >= 4 is 34.7 Å². The van der Waals surface area contributed by atoms with Crippen molar-refractivity contribution in [3.63, 3.8) is 0 Å². The second kappa shape index (κ2) is 6.66. The Morgan fingerprint density at radius 3 is 2.48 bits per heavy atom. The van der Waals surface area contributed by atoms with Crippen molar-refractivity contribution in [2.45, 2.75) is 22.6 Å². The predicted molar refractivity (Wildman–Crippen MR) is 106 cm³/mol. The standard InChI is InChI=1S/C21H18ClNOS/c1-13(15-7-9-16(22)19(12-15)24-2)14-8-10-21-18(11-14)23-17-5-3-4-6-20(17)25-21/h3-13,23H,1-2H3. The highest BCUT2D eigenvalue weighted by Gasteiger charge is 2.18. The fraction of sp³-hybridized carbons (Fsp3) is 0.143. The maximum absolute atomic E-state index is 6.15. The predicted octanol–water partition coefficient (Wildman–Crippen LogP) is 6.71. The van der Waals surface area contributed by atoms with Crippen LogP contribution in [0.2, 0.25) is 5.02 Å². The van der Waals surface area contributed by atoms with Gasteiger partial charge < -0.3 is 10.1 Å². The lowest BCUT2D eigenvalue weighted by Crippen LogP contribution is -2.02. The van der Waals surface area contributed by atoms with Gasteiger partial charge in [0.1, 0.15) is 5.75 Å². The molecule has 1 N–H and O–H groups in total. The highest BCUT2D eigenvalue weighted by atomic mass is 35.5. The smallest absolute Gasteiger partial charge is 0.137 e. The van der Waals surface area contributed by atoms with Gasteiger partial charge in [0.25, 0.3) is 0 Å². The summed E-state index contributed by atoms with van der Waals surface area (Å²) in [7, 11) is 1.65. The molecule has 4 rings (SSSR count). The lowest BCUT2D eigenvalue weighted by molar-refractivity contribution is 0.414. The van der Waals surface area contributed by atoms with Crippen LogP contribution in [0, 0.1) is 0 Å². The van der Waals surface area contributed by atoms with Crippen LogP contribution in [0.25, 0.3) is 0 Å². The van der Waals surface area contributed by atoms with Crippen LogP contribution in [0.3, 0.4) is 0 Å². The van der Waals surface area contributed by atoms with E-state index in [4.69, 9.17) is 16.3 Å². The number of rotatable bonds is 3. The Morgan fingerprint density at radius 2 is 1.64 bits per heavy atom. The van der Waals surface area contributed by atoms with Crippen molar-refractivity contribution in [3.05, 3.63) is 76.8 Å². The van der Waals surface area contributed by atoms with Crippen LogP contribution in [0.15, 0.2) is 70.5 Å². The normalized spacial score (nSPS) is 13.4. The van der Waals surface area contributed by atoms with Gasteiger partial charge in [0, 0.05) is 15.7 Å². The molecule has 1 unspecified atom stereocenters. The summed E-state index contributed by atoms with van der Waals surface area (Å²) >= 11 is 7.96. The SMILES string of the molecule is COc1cc(C(C)c2ccc3c(c2)Nc2ccccc2S3)ccc1Cl. The van der Waals surface area contributed by atoms with Gasteiger partial charge in [-0.15, -0.1) is 0 Å². The fourth-order valence-corrected chi connectivity index (χ4v) is 4.23. The molecule has 0 amide bonds. The number of halogens is 1. The van der Waals surface area contributed by atoms with E-state index in [1.54, 1.807) is 18.9 Å². The average molecular weight is 368 g/mol. The van der Waals surface area contributed by atoms with Crippen molar-refractivity contribution in [1.82, 2.24) is 0 Å². The van der Waals surface area contributed by atoms with Gasteiger partial charge in [0.05, 0.1) is 23.5 Å². The minimum atomic E-state index is 0.250. The lowest BCUT2D eigenvalue weighted by Gasteiger charge is -2.23. The van der Waals surface area contributed by atoms with E-state index in [0.29, 0.717) is 10.8 Å². The molecule has 0 saturated carbocycles. The van der Waals surface area contributed by atoms with Crippen LogP contribution < -0.4 is 10.1 Å². The summed E-state index contributed by atoms with van der Waals surface area (Å²) in [6, 6.07) is 21.0. The number of fused-ring (bicyclic) bond motifs is 2. The minimum Gasteiger partial charge on any atom is -0.495 e. The molecule has 3 aromatic rings. The molecule has 0 aliphatic carbocycles. The molecule has 0 bridgehead atoms. The van der Waals surface area contributed by atoms with E-state index in [1.165, 1.54) is 20.9 Å². The highest BCUT2D eigenvalue weighted by molar-refractivity contribution is 7.99. The van der Waals surface area contributed by atoms with Crippen molar-refractivity contribution < 1.29 is 4.74 Å². The van der Waals surface area contributed by atoms with Gasteiger partial charge in [-0.2, -0.15) is 0 Å². The van der Waals surface area contributed by atoms with E-state index in [0.717, 1.165) is 11.4 Å². The number of nitrogens with one attached hydrogen (secondary N) is 1. The van der Waals surface area contributed by atoms with E-state index in [2.05, 4.69) is 60.8 Å². The Balaban J connectivity index is 1.66. The number of hydrogen-bond donors (Lipinski definition) is 1. The Labute approximate surface area is 157 Å². The Bertz CT molecular complexity index is 941. The molecule has 1 heterocycles. The molecule has 1 aliphatic rings. The molecule has 1 aliphatic heterocycles. The van der Waals surface area contributed by atoms with Gasteiger partial charge in [-0.05, 0) is 47.5 Å². The first-order valence-corrected chi connectivity index (χ1v) is 9.36. The zero-order valence-corrected chi connectivity index (χ0v) is 15.6. The van der Waals surface area contributed by atoms with Crippen LogP contribution >= 0.6 is 23.4 Å². The van der Waals surface area contributed by atoms with Crippen LogP contribution in [-0.4, -0.2) is 7.11 Å². The molecule has 25 heavy (non-hydrogen) atoms. The summed E-state index contributed by atoms with van der Waals surface area (Å²) in [5, 5.41) is 4.19. The summed E-state index contributed by atoms with van der Waals surface area (Å²) in [4.78, 5) is 2.52. The van der Waals surface area contributed by atoms with Gasteiger partial charge in [-0.1, -0.05) is 54.6 Å². The third kappa shape index (κ3) is 3.10. The number of benzene rings is 3. The molecule has 0 spiro atoms. The van der Waals surface area contributed by atoms with Crippen molar-refractivity contribution in [1.29, 1.82) is 0 Å². The summed E-state index contributed by atoms with van der Waals surface area (Å²) in [5.41, 5.74) is 4.77. The summed E-state index contributed by atoms with van der Waals surface area (Å²) < 4.78 is 5.35. The van der Waals surface area contributed by atoms with E-state index in [9.17, 15) is 0 Å². The van der Waals surface area contributed by atoms with Gasteiger partial charge >= 0.3 is 0 Å². The van der Waals surface area contributed by atoms with Crippen LogP contribution in [-0.2, 0) is 0 Å². The average Bonchev–Trinajstić information content (AvgIpc) is 2.65. The summed E-state index contributed by atoms with van der Waals surface area (Å²) in [6.07, 6.45) is 0. The molecule has 0 saturated heterocycles. The molecule has 1 atom stereocenters. The summed E-state index contributed by atoms with van der Waals surface area (Å²) in [6.45, 7) is 2.20. The minimum absolute atomic E-state index is 0.250. The monoisotopic (exact) mass is 367 g/mol. The Kier molecular flexibility index (Phi) is 4.36. The van der Waals surface area contributed by atoms with Crippen molar-refractivity contribution in [3.8, 4) is 5.75 Å². The Morgan fingerprint density at radius 1 is 0.920 bits per heavy atom. The zero-order chi connectivity index (χ0) is 17.4. The molecule has 0 fully saturated rings. The molecule has 3 aromatic carbocycles. The molecule has 0 aromatic heterocycles. The molecular formula is C21H18ClNOS. The Hall–Kier alpha value is -2.10. The van der Waals surface area contributed by atoms with E-state index >= 15 is 0 Å². The second-order valence-corrected chi connectivity index (χ2v) is 7.59. The number of para-hydroxylation sites is 1. The first kappa shape index (κ1) is 16.4.